The van der Waals surface area contributed by atoms with Crippen molar-refractivity contribution in [1.29, 1.82) is 0 Å². The normalized spacial score (nSPS) is 12.5. The Kier molecular flexibility index (Phi) is 6.38. The highest BCUT2D eigenvalue weighted by Crippen LogP contribution is 2.20. The van der Waals surface area contributed by atoms with Crippen molar-refractivity contribution >= 4 is 34.1 Å². The van der Waals surface area contributed by atoms with Crippen LogP contribution in [0, 0.1) is 0 Å². The van der Waals surface area contributed by atoms with Gasteiger partial charge < -0.3 is 5.11 Å². The van der Waals surface area contributed by atoms with Gasteiger partial charge in [-0.2, -0.15) is 0 Å². The van der Waals surface area contributed by atoms with E-state index in [1.807, 2.05) is 13.8 Å². The van der Waals surface area contributed by atoms with Crippen LogP contribution < -0.4 is 0 Å². The van der Waals surface area contributed by atoms with Crippen molar-refractivity contribution in [2.75, 3.05) is 0 Å². The Morgan fingerprint density at radius 3 is 2.50 bits per heavy atom. The molecule has 0 spiro atoms. The molecule has 12 heavy (non-hydrogen) atoms. The lowest BCUT2D eigenvalue weighted by Gasteiger charge is -2.09. The Balaban J connectivity index is 3.95. The average molecular weight is 206 g/mol. The van der Waals surface area contributed by atoms with Gasteiger partial charge in [0.15, 0.2) is 0 Å². The molecular weight excluding hydrogens is 192 g/mol. The highest BCUT2D eigenvalue weighted by atomic mass is 32.2. The average Bonchev–Trinajstić information content (AvgIpc) is 2.03. The smallest absolute Gasteiger partial charge is 0.317 e. The second-order valence-corrected chi connectivity index (χ2v) is 4.51. The maximum absolute atomic E-state index is 10.7. The van der Waals surface area contributed by atoms with E-state index in [1.165, 1.54) is 11.8 Å². The molecule has 0 fully saturated rings. The van der Waals surface area contributed by atoms with Crippen LogP contribution in [0.5, 0.6) is 0 Å². The van der Waals surface area contributed by atoms with Crippen LogP contribution >= 0.6 is 24.0 Å². The molecule has 0 aromatic rings. The fourth-order valence-corrected chi connectivity index (χ4v) is 2.02. The van der Waals surface area contributed by atoms with Crippen molar-refractivity contribution in [3.63, 3.8) is 0 Å². The molecule has 2 nitrogen and oxygen atoms in total. The number of aliphatic carboxylic acids is 1. The molecule has 0 aliphatic heterocycles. The van der Waals surface area contributed by atoms with Gasteiger partial charge in [-0.05, 0) is 12.8 Å². The summed E-state index contributed by atoms with van der Waals surface area (Å²) in [7, 11) is 0. The second kappa shape index (κ2) is 6.43. The van der Waals surface area contributed by atoms with Crippen LogP contribution in [0.3, 0.4) is 0 Å². The van der Waals surface area contributed by atoms with Crippen LogP contribution in [0.25, 0.3) is 0 Å². The van der Waals surface area contributed by atoms with Gasteiger partial charge >= 0.3 is 5.97 Å². The summed E-state index contributed by atoms with van der Waals surface area (Å²) in [4.78, 5) is 10.7. The van der Waals surface area contributed by atoms with Crippen LogP contribution in [0.1, 0.15) is 33.1 Å². The van der Waals surface area contributed by atoms with Gasteiger partial charge in [0.25, 0.3) is 0 Å². The van der Waals surface area contributed by atoms with Gasteiger partial charge in [0.1, 0.15) is 5.25 Å². The first-order valence-electron chi connectivity index (χ1n) is 4.04. The monoisotopic (exact) mass is 206 g/mol. The van der Waals surface area contributed by atoms with Gasteiger partial charge in [-0.15, -0.1) is 11.8 Å². The molecule has 0 aromatic carbocycles. The third-order valence-electron chi connectivity index (χ3n) is 1.39. The zero-order valence-corrected chi connectivity index (χ0v) is 9.00. The third-order valence-corrected chi connectivity index (χ3v) is 3.24. The molecule has 1 unspecified atom stereocenters. The standard InChI is InChI=1S/C8H14O2S2/c1-3-5-6(8(9)10)12-7(11)4-2/h6H,3-5H2,1-2H3,(H,9,10). The molecule has 0 heterocycles. The molecule has 1 atom stereocenters. The van der Waals surface area contributed by atoms with Crippen molar-refractivity contribution in [2.45, 2.75) is 38.4 Å². The fourth-order valence-electron chi connectivity index (χ4n) is 0.737. The summed E-state index contributed by atoms with van der Waals surface area (Å²) in [6.07, 6.45) is 2.35. The molecule has 0 bridgehead atoms. The number of rotatable bonds is 5. The van der Waals surface area contributed by atoms with Crippen LogP contribution in [-0.4, -0.2) is 20.5 Å². The van der Waals surface area contributed by atoms with E-state index in [9.17, 15) is 4.79 Å². The van der Waals surface area contributed by atoms with Gasteiger partial charge in [0, 0.05) is 4.20 Å². The first-order valence-corrected chi connectivity index (χ1v) is 5.32. The predicted octanol–water partition coefficient (Wildman–Crippen LogP) is 2.71. The molecule has 1 N–H and O–H groups in total. The van der Waals surface area contributed by atoms with Crippen LogP contribution in [0.15, 0.2) is 0 Å². The van der Waals surface area contributed by atoms with E-state index in [0.717, 1.165) is 17.0 Å². The van der Waals surface area contributed by atoms with E-state index >= 15 is 0 Å². The van der Waals surface area contributed by atoms with Gasteiger partial charge in [-0.25, -0.2) is 0 Å². The van der Waals surface area contributed by atoms with Gasteiger partial charge in [-0.3, -0.25) is 4.79 Å². The summed E-state index contributed by atoms with van der Waals surface area (Å²) < 4.78 is 0.788. The Morgan fingerprint density at radius 1 is 1.58 bits per heavy atom. The zero-order valence-electron chi connectivity index (χ0n) is 7.37. The molecule has 0 amide bonds. The minimum absolute atomic E-state index is 0.345. The fraction of sp³-hybridized carbons (Fsp3) is 0.750. The zero-order chi connectivity index (χ0) is 9.56. The lowest BCUT2D eigenvalue weighted by molar-refractivity contribution is -0.136. The minimum Gasteiger partial charge on any atom is -0.480 e. The number of carbonyl (C=O) groups is 1. The summed E-state index contributed by atoms with van der Waals surface area (Å²) in [5.41, 5.74) is 0. The molecular formula is C8H14O2S2. The van der Waals surface area contributed by atoms with E-state index in [0.29, 0.717) is 6.42 Å². The van der Waals surface area contributed by atoms with Crippen molar-refractivity contribution in [3.05, 3.63) is 0 Å². The summed E-state index contributed by atoms with van der Waals surface area (Å²) in [6.45, 7) is 3.92. The second-order valence-electron chi connectivity index (χ2n) is 2.46. The number of carboxylic acids is 1. The van der Waals surface area contributed by atoms with E-state index in [1.54, 1.807) is 0 Å². The SMILES string of the molecule is CCCC(SC(=S)CC)C(=O)O. The Bertz CT molecular complexity index is 166. The number of thioether (sulfide) groups is 1. The lowest BCUT2D eigenvalue weighted by Crippen LogP contribution is -2.17. The first-order chi connectivity index (χ1) is 5.61. The van der Waals surface area contributed by atoms with Crippen molar-refractivity contribution in [1.82, 2.24) is 0 Å². The minimum atomic E-state index is -0.752. The highest BCUT2D eigenvalue weighted by molar-refractivity contribution is 8.23. The van der Waals surface area contributed by atoms with E-state index in [4.69, 9.17) is 17.3 Å². The molecule has 0 aliphatic carbocycles. The summed E-state index contributed by atoms with van der Waals surface area (Å²) in [5, 5.41) is 8.42. The molecule has 4 heteroatoms. The van der Waals surface area contributed by atoms with Crippen molar-refractivity contribution in [2.24, 2.45) is 0 Å². The van der Waals surface area contributed by atoms with Crippen molar-refractivity contribution in [3.8, 4) is 0 Å². The molecule has 0 radical (unpaired) electrons. The Hall–Kier alpha value is -0.0900. The van der Waals surface area contributed by atoms with Crippen LogP contribution in [0.4, 0.5) is 0 Å². The quantitative estimate of drug-likeness (QED) is 0.702. The van der Waals surface area contributed by atoms with Gasteiger partial charge in [0.05, 0.1) is 0 Å². The summed E-state index contributed by atoms with van der Waals surface area (Å²) in [6, 6.07) is 0. The predicted molar refractivity (Wildman–Crippen MR) is 56.8 cm³/mol. The number of hydrogen-bond donors (Lipinski definition) is 1. The molecule has 0 aliphatic rings. The van der Waals surface area contributed by atoms with Gasteiger partial charge in [-0.1, -0.05) is 32.5 Å². The Morgan fingerprint density at radius 2 is 2.17 bits per heavy atom. The van der Waals surface area contributed by atoms with Crippen LogP contribution in [-0.2, 0) is 4.79 Å². The molecule has 70 valence electrons. The molecule has 0 saturated carbocycles. The maximum atomic E-state index is 10.7. The topological polar surface area (TPSA) is 37.3 Å². The lowest BCUT2D eigenvalue weighted by atomic mass is 10.2. The molecule has 0 aromatic heterocycles. The largest absolute Gasteiger partial charge is 0.480 e. The van der Waals surface area contributed by atoms with Crippen LogP contribution in [0.2, 0.25) is 0 Å². The van der Waals surface area contributed by atoms with E-state index in [-0.39, 0.29) is 5.25 Å². The van der Waals surface area contributed by atoms with Gasteiger partial charge in [0.2, 0.25) is 0 Å². The third kappa shape index (κ3) is 4.72. The first kappa shape index (κ1) is 11.9. The number of carboxylic acid groups (broad SMARTS) is 1. The molecule has 0 saturated heterocycles. The van der Waals surface area contributed by atoms with Crippen molar-refractivity contribution < 1.29 is 9.90 Å². The highest BCUT2D eigenvalue weighted by Gasteiger charge is 2.17. The summed E-state index contributed by atoms with van der Waals surface area (Å²) >= 11 is 6.27. The van der Waals surface area contributed by atoms with E-state index in [2.05, 4.69) is 0 Å². The Labute approximate surface area is 82.7 Å². The maximum Gasteiger partial charge on any atom is 0.317 e. The number of thiocarbonyl (C=S) groups is 1. The van der Waals surface area contributed by atoms with E-state index < -0.39 is 5.97 Å². The molecule has 0 rings (SSSR count). The number of hydrogen-bond acceptors (Lipinski definition) is 3. The summed E-state index contributed by atoms with van der Waals surface area (Å²) in [5.74, 6) is -0.752.